The summed E-state index contributed by atoms with van der Waals surface area (Å²) in [5, 5.41) is 3.21. The van der Waals surface area contributed by atoms with Gasteiger partial charge in [-0.15, -0.1) is 0 Å². The number of nitrogens with zero attached hydrogens (tertiary/aromatic N) is 3. The molecule has 0 radical (unpaired) electrons. The van der Waals surface area contributed by atoms with Gasteiger partial charge in [0.1, 0.15) is 12.1 Å². The van der Waals surface area contributed by atoms with E-state index in [0.717, 1.165) is 55.7 Å². The van der Waals surface area contributed by atoms with E-state index >= 15 is 0 Å². The fourth-order valence-electron chi connectivity index (χ4n) is 4.18. The highest BCUT2D eigenvalue weighted by Crippen LogP contribution is 2.28. The number of hydrogen-bond acceptors (Lipinski definition) is 4. The minimum absolute atomic E-state index is 0.0294. The standard InChI is InChI=1S/C23H28N4O/c1-17(15-18-7-3-2-4-8-18)23(28)26-19-11-13-27(14-12-19)22-20-9-5-6-10-21(20)24-16-25-22/h2-4,7-8,15-16,19H,5-6,9-14H2,1H3,(H,26,28). The number of hydrogen-bond donors (Lipinski definition) is 1. The van der Waals surface area contributed by atoms with E-state index in [2.05, 4.69) is 20.2 Å². The molecule has 0 atom stereocenters. The van der Waals surface area contributed by atoms with Gasteiger partial charge in [-0.1, -0.05) is 30.3 Å². The van der Waals surface area contributed by atoms with Crippen molar-refractivity contribution in [2.75, 3.05) is 18.0 Å². The number of anilines is 1. The summed E-state index contributed by atoms with van der Waals surface area (Å²) in [6.07, 6.45) is 10.2. The second-order valence-electron chi connectivity index (χ2n) is 7.80. The van der Waals surface area contributed by atoms with Crippen molar-refractivity contribution in [3.05, 3.63) is 59.1 Å². The highest BCUT2D eigenvalue weighted by molar-refractivity contribution is 5.97. The molecule has 146 valence electrons. The Labute approximate surface area is 166 Å². The molecule has 0 unspecified atom stereocenters. The van der Waals surface area contributed by atoms with Crippen LogP contribution in [0.25, 0.3) is 6.08 Å². The molecule has 1 aliphatic heterocycles. The van der Waals surface area contributed by atoms with Crippen molar-refractivity contribution in [3.8, 4) is 0 Å². The van der Waals surface area contributed by atoms with Crippen molar-refractivity contribution in [3.63, 3.8) is 0 Å². The Morgan fingerprint density at radius 3 is 2.64 bits per heavy atom. The number of piperidine rings is 1. The van der Waals surface area contributed by atoms with Crippen LogP contribution in [0.4, 0.5) is 5.82 Å². The molecule has 28 heavy (non-hydrogen) atoms. The summed E-state index contributed by atoms with van der Waals surface area (Å²) in [5.41, 5.74) is 4.38. The van der Waals surface area contributed by atoms with Crippen LogP contribution in [0.3, 0.4) is 0 Å². The third-order valence-electron chi connectivity index (χ3n) is 5.77. The monoisotopic (exact) mass is 376 g/mol. The maximum Gasteiger partial charge on any atom is 0.247 e. The first-order chi connectivity index (χ1) is 13.7. The van der Waals surface area contributed by atoms with Gasteiger partial charge >= 0.3 is 0 Å². The zero-order valence-electron chi connectivity index (χ0n) is 16.5. The molecule has 2 aliphatic rings. The van der Waals surface area contributed by atoms with Crippen molar-refractivity contribution in [2.45, 2.75) is 51.5 Å². The van der Waals surface area contributed by atoms with E-state index < -0.39 is 0 Å². The van der Waals surface area contributed by atoms with Crippen LogP contribution in [0.5, 0.6) is 0 Å². The number of carbonyl (C=O) groups excluding carboxylic acids is 1. The lowest BCUT2D eigenvalue weighted by molar-refractivity contribution is -0.118. The van der Waals surface area contributed by atoms with Crippen LogP contribution in [-0.2, 0) is 17.6 Å². The summed E-state index contributed by atoms with van der Waals surface area (Å²) in [4.78, 5) is 24.0. The summed E-state index contributed by atoms with van der Waals surface area (Å²) >= 11 is 0. The normalized spacial score (nSPS) is 17.9. The molecule has 1 saturated heterocycles. The molecular weight excluding hydrogens is 348 g/mol. The molecule has 1 aliphatic carbocycles. The Morgan fingerprint density at radius 2 is 1.86 bits per heavy atom. The lowest BCUT2D eigenvalue weighted by Crippen LogP contribution is -2.45. The Kier molecular flexibility index (Phi) is 5.70. The van der Waals surface area contributed by atoms with Gasteiger partial charge in [0.15, 0.2) is 0 Å². The van der Waals surface area contributed by atoms with E-state index in [1.165, 1.54) is 24.1 Å². The molecule has 0 bridgehead atoms. The quantitative estimate of drug-likeness (QED) is 0.829. The van der Waals surface area contributed by atoms with Crippen LogP contribution in [0.15, 0.2) is 42.2 Å². The molecule has 0 spiro atoms. The summed E-state index contributed by atoms with van der Waals surface area (Å²) in [5.74, 6) is 1.15. The molecule has 0 saturated carbocycles. The van der Waals surface area contributed by atoms with Gasteiger partial charge in [0.25, 0.3) is 0 Å². The summed E-state index contributed by atoms with van der Waals surface area (Å²) < 4.78 is 0. The van der Waals surface area contributed by atoms with Gasteiger partial charge in [-0.3, -0.25) is 4.79 Å². The molecule has 1 aromatic heterocycles. The first-order valence-electron chi connectivity index (χ1n) is 10.3. The molecule has 5 nitrogen and oxygen atoms in total. The third kappa shape index (κ3) is 4.24. The number of carbonyl (C=O) groups is 1. The second kappa shape index (κ2) is 8.55. The van der Waals surface area contributed by atoms with E-state index in [9.17, 15) is 4.79 Å². The van der Waals surface area contributed by atoms with E-state index in [4.69, 9.17) is 0 Å². The average molecular weight is 377 g/mol. The Bertz CT molecular complexity index is 854. The molecule has 1 aromatic carbocycles. The minimum Gasteiger partial charge on any atom is -0.356 e. The number of aryl methyl sites for hydroxylation is 1. The van der Waals surface area contributed by atoms with Gasteiger partial charge in [0.2, 0.25) is 5.91 Å². The summed E-state index contributed by atoms with van der Waals surface area (Å²) in [6, 6.07) is 10.2. The smallest absolute Gasteiger partial charge is 0.247 e. The second-order valence-corrected chi connectivity index (χ2v) is 7.80. The number of fused-ring (bicyclic) bond motifs is 1. The molecular formula is C23H28N4O. The van der Waals surface area contributed by atoms with Gasteiger partial charge in [0.05, 0.1) is 0 Å². The van der Waals surface area contributed by atoms with E-state index in [0.29, 0.717) is 0 Å². The molecule has 1 N–H and O–H groups in total. The van der Waals surface area contributed by atoms with Crippen LogP contribution in [0, 0.1) is 0 Å². The Hall–Kier alpha value is -2.69. The van der Waals surface area contributed by atoms with Gasteiger partial charge < -0.3 is 10.2 Å². The first kappa shape index (κ1) is 18.7. The number of benzene rings is 1. The van der Waals surface area contributed by atoms with Crippen molar-refractivity contribution >= 4 is 17.8 Å². The zero-order chi connectivity index (χ0) is 19.3. The van der Waals surface area contributed by atoms with E-state index in [1.54, 1.807) is 6.33 Å². The predicted octanol–water partition coefficient (Wildman–Crippen LogP) is 3.54. The highest BCUT2D eigenvalue weighted by Gasteiger charge is 2.25. The van der Waals surface area contributed by atoms with Crippen molar-refractivity contribution in [1.82, 2.24) is 15.3 Å². The lowest BCUT2D eigenvalue weighted by atomic mass is 9.95. The summed E-state index contributed by atoms with van der Waals surface area (Å²) in [7, 11) is 0. The molecule has 1 fully saturated rings. The Morgan fingerprint density at radius 1 is 1.11 bits per heavy atom. The average Bonchev–Trinajstić information content (AvgIpc) is 2.74. The highest BCUT2D eigenvalue weighted by atomic mass is 16.1. The van der Waals surface area contributed by atoms with Gasteiger partial charge in [-0.05, 0) is 57.1 Å². The predicted molar refractivity (Wildman–Crippen MR) is 112 cm³/mol. The molecule has 1 amide bonds. The molecule has 5 heteroatoms. The number of rotatable bonds is 4. The maximum absolute atomic E-state index is 12.5. The largest absolute Gasteiger partial charge is 0.356 e. The molecule has 4 rings (SSSR count). The van der Waals surface area contributed by atoms with Crippen LogP contribution < -0.4 is 10.2 Å². The van der Waals surface area contributed by atoms with Gasteiger partial charge in [-0.2, -0.15) is 0 Å². The number of nitrogens with one attached hydrogen (secondary N) is 1. The molecule has 2 aromatic rings. The molecule has 2 heterocycles. The third-order valence-corrected chi connectivity index (χ3v) is 5.77. The van der Waals surface area contributed by atoms with E-state index in [1.807, 2.05) is 43.3 Å². The first-order valence-corrected chi connectivity index (χ1v) is 10.3. The Balaban J connectivity index is 1.35. The topological polar surface area (TPSA) is 58.1 Å². The number of aromatic nitrogens is 2. The fraction of sp³-hybridized carbons (Fsp3) is 0.435. The van der Waals surface area contributed by atoms with Crippen molar-refractivity contribution in [1.29, 1.82) is 0 Å². The fourth-order valence-corrected chi connectivity index (χ4v) is 4.18. The van der Waals surface area contributed by atoms with Crippen LogP contribution in [0.1, 0.15) is 49.4 Å². The van der Waals surface area contributed by atoms with Crippen molar-refractivity contribution < 1.29 is 4.79 Å². The van der Waals surface area contributed by atoms with Crippen LogP contribution in [-0.4, -0.2) is 35.0 Å². The SMILES string of the molecule is CC(=Cc1ccccc1)C(=O)NC1CCN(c2ncnc3c2CCCC3)CC1. The lowest BCUT2D eigenvalue weighted by Gasteiger charge is -2.35. The van der Waals surface area contributed by atoms with E-state index in [-0.39, 0.29) is 11.9 Å². The van der Waals surface area contributed by atoms with Gasteiger partial charge in [0, 0.05) is 36.0 Å². The maximum atomic E-state index is 12.5. The van der Waals surface area contributed by atoms with Crippen LogP contribution in [0.2, 0.25) is 0 Å². The zero-order valence-corrected chi connectivity index (χ0v) is 16.5. The van der Waals surface area contributed by atoms with Gasteiger partial charge in [-0.25, -0.2) is 9.97 Å². The number of amides is 1. The van der Waals surface area contributed by atoms with Crippen molar-refractivity contribution in [2.24, 2.45) is 0 Å². The summed E-state index contributed by atoms with van der Waals surface area (Å²) in [6.45, 7) is 3.73. The minimum atomic E-state index is 0.0294. The van der Waals surface area contributed by atoms with Crippen LogP contribution >= 0.6 is 0 Å².